The second-order valence-corrected chi connectivity index (χ2v) is 7.51. The van der Waals surface area contributed by atoms with Crippen molar-refractivity contribution in [3.05, 3.63) is 113 Å². The maximum Gasteiger partial charge on any atom is 0.236 e. The molecule has 0 radical (unpaired) electrons. The fourth-order valence-electron chi connectivity index (χ4n) is 3.70. The Labute approximate surface area is 171 Å². The zero-order chi connectivity index (χ0) is 20.4. The smallest absolute Gasteiger partial charge is 0.236 e. The van der Waals surface area contributed by atoms with Crippen LogP contribution in [0.5, 0.6) is 0 Å². The Hall–Kier alpha value is -3.46. The van der Waals surface area contributed by atoms with Crippen molar-refractivity contribution in [2.45, 2.75) is 19.9 Å². The van der Waals surface area contributed by atoms with Gasteiger partial charge in [0.15, 0.2) is 5.78 Å². The van der Waals surface area contributed by atoms with Gasteiger partial charge in [0.25, 0.3) is 0 Å². The number of para-hydroxylation sites is 1. The van der Waals surface area contributed by atoms with E-state index in [9.17, 15) is 9.59 Å². The second-order valence-electron chi connectivity index (χ2n) is 7.51. The quantitative estimate of drug-likeness (QED) is 0.335. The number of hydrogen-bond donors (Lipinski definition) is 0. The molecule has 0 unspecified atom stereocenters. The Morgan fingerprint density at radius 3 is 2.03 bits per heavy atom. The van der Waals surface area contributed by atoms with Gasteiger partial charge in [-0.05, 0) is 37.6 Å². The predicted molar refractivity (Wildman–Crippen MR) is 116 cm³/mol. The van der Waals surface area contributed by atoms with Crippen molar-refractivity contribution in [3.8, 4) is 0 Å². The van der Waals surface area contributed by atoms with E-state index in [1.54, 1.807) is 6.08 Å². The van der Waals surface area contributed by atoms with E-state index in [1.165, 1.54) is 11.6 Å². The van der Waals surface area contributed by atoms with E-state index in [4.69, 9.17) is 0 Å². The molecule has 29 heavy (non-hydrogen) atoms. The summed E-state index contributed by atoms with van der Waals surface area (Å²) in [4.78, 5) is 27.3. The van der Waals surface area contributed by atoms with E-state index in [0.717, 1.165) is 16.8 Å². The number of aryl methyl sites for hydroxylation is 2. The molecule has 0 saturated carbocycles. The van der Waals surface area contributed by atoms with Gasteiger partial charge < -0.3 is 4.90 Å². The van der Waals surface area contributed by atoms with Gasteiger partial charge in [-0.15, -0.1) is 0 Å². The van der Waals surface area contributed by atoms with E-state index in [1.807, 2.05) is 73.3 Å². The summed E-state index contributed by atoms with van der Waals surface area (Å²) in [6.07, 6.45) is 3.30. The van der Waals surface area contributed by atoms with Crippen molar-refractivity contribution in [1.29, 1.82) is 0 Å². The van der Waals surface area contributed by atoms with Crippen LogP contribution in [0.25, 0.3) is 0 Å². The van der Waals surface area contributed by atoms with Crippen LogP contribution in [0, 0.1) is 19.8 Å². The molecular formula is C26H23NO2. The van der Waals surface area contributed by atoms with E-state index < -0.39 is 0 Å². The number of hydrogen-bond acceptors (Lipinski definition) is 2. The third kappa shape index (κ3) is 3.77. The summed E-state index contributed by atoms with van der Waals surface area (Å²) in [5.74, 6) is -0.430. The lowest BCUT2D eigenvalue weighted by Crippen LogP contribution is -2.54. The van der Waals surface area contributed by atoms with Gasteiger partial charge in [0.1, 0.15) is 0 Å². The first-order valence-corrected chi connectivity index (χ1v) is 9.78. The number of nitrogens with zero attached hydrogens (tertiary/aromatic N) is 1. The average Bonchev–Trinajstić information content (AvgIpc) is 2.74. The van der Waals surface area contributed by atoms with Gasteiger partial charge in [0.2, 0.25) is 5.91 Å². The summed E-state index contributed by atoms with van der Waals surface area (Å²) in [6, 6.07) is 25.3. The zero-order valence-corrected chi connectivity index (χ0v) is 16.6. The number of anilines is 1. The Kier molecular flexibility index (Phi) is 5.13. The third-order valence-corrected chi connectivity index (χ3v) is 5.39. The van der Waals surface area contributed by atoms with Crippen LogP contribution >= 0.6 is 0 Å². The first kappa shape index (κ1) is 18.9. The maximum atomic E-state index is 13.0. The lowest BCUT2D eigenvalue weighted by atomic mass is 9.81. The van der Waals surface area contributed by atoms with Gasteiger partial charge in [-0.2, -0.15) is 0 Å². The van der Waals surface area contributed by atoms with Crippen LogP contribution < -0.4 is 4.90 Å². The van der Waals surface area contributed by atoms with Gasteiger partial charge in [-0.1, -0.05) is 83.9 Å². The summed E-state index contributed by atoms with van der Waals surface area (Å²) in [5, 5.41) is 0. The normalized spacial score (nSPS) is 18.7. The van der Waals surface area contributed by atoms with Gasteiger partial charge in [-0.3, -0.25) is 9.59 Å². The van der Waals surface area contributed by atoms with E-state index in [0.29, 0.717) is 5.56 Å². The van der Waals surface area contributed by atoms with Crippen molar-refractivity contribution in [1.82, 2.24) is 0 Å². The number of allylic oxidation sites excluding steroid dienone is 1. The van der Waals surface area contributed by atoms with Crippen molar-refractivity contribution in [3.63, 3.8) is 0 Å². The molecule has 0 N–H and O–H groups in total. The van der Waals surface area contributed by atoms with E-state index >= 15 is 0 Å². The molecule has 0 aliphatic carbocycles. The molecule has 0 bridgehead atoms. The summed E-state index contributed by atoms with van der Waals surface area (Å²) in [5.41, 5.74) is 4.85. The minimum Gasteiger partial charge on any atom is -0.303 e. The number of benzene rings is 3. The second kappa shape index (κ2) is 7.88. The Morgan fingerprint density at radius 1 is 0.828 bits per heavy atom. The molecule has 1 amide bonds. The molecule has 0 spiro atoms. The van der Waals surface area contributed by atoms with Crippen molar-refractivity contribution >= 4 is 17.4 Å². The molecule has 1 fully saturated rings. The number of β-lactam (4-membered cyclic amide) rings is 1. The summed E-state index contributed by atoms with van der Waals surface area (Å²) < 4.78 is 0. The van der Waals surface area contributed by atoms with Crippen LogP contribution in [0.15, 0.2) is 91.0 Å². The number of ketones is 1. The molecule has 1 aliphatic heterocycles. The Morgan fingerprint density at radius 2 is 1.41 bits per heavy atom. The van der Waals surface area contributed by atoms with Crippen LogP contribution in [-0.2, 0) is 4.79 Å². The van der Waals surface area contributed by atoms with Crippen molar-refractivity contribution < 1.29 is 9.59 Å². The summed E-state index contributed by atoms with van der Waals surface area (Å²) in [6.45, 7) is 4.03. The molecular weight excluding hydrogens is 358 g/mol. The number of carbonyl (C=O) groups excluding carboxylic acids is 2. The van der Waals surface area contributed by atoms with Crippen LogP contribution in [0.3, 0.4) is 0 Å². The molecule has 144 valence electrons. The maximum absolute atomic E-state index is 13.0. The summed E-state index contributed by atoms with van der Waals surface area (Å²) >= 11 is 0. The van der Waals surface area contributed by atoms with Gasteiger partial charge >= 0.3 is 0 Å². The highest BCUT2D eigenvalue weighted by Crippen LogP contribution is 2.44. The minimum absolute atomic E-state index is 0.00901. The molecule has 2 atom stereocenters. The highest BCUT2D eigenvalue weighted by Gasteiger charge is 2.47. The molecule has 3 heteroatoms. The molecule has 1 aliphatic rings. The van der Waals surface area contributed by atoms with Crippen LogP contribution in [0.4, 0.5) is 5.69 Å². The minimum atomic E-state index is -0.354. The van der Waals surface area contributed by atoms with Crippen LogP contribution in [0.1, 0.15) is 33.1 Å². The SMILES string of the molecule is Cc1ccc(C(=O)/C=C/[C@H]2C(=O)N(c3ccccc3)[C@H]2c2ccc(C)cc2)cc1. The number of carbonyl (C=O) groups is 2. The zero-order valence-electron chi connectivity index (χ0n) is 16.6. The largest absolute Gasteiger partial charge is 0.303 e. The lowest BCUT2D eigenvalue weighted by Gasteiger charge is -2.46. The summed E-state index contributed by atoms with van der Waals surface area (Å²) in [7, 11) is 0. The molecule has 0 aromatic heterocycles. The first-order chi connectivity index (χ1) is 14.0. The first-order valence-electron chi connectivity index (χ1n) is 9.78. The van der Waals surface area contributed by atoms with Gasteiger partial charge in [0.05, 0.1) is 12.0 Å². The molecule has 3 aromatic rings. The highest BCUT2D eigenvalue weighted by atomic mass is 16.2. The standard InChI is InChI=1S/C26H23NO2/c1-18-8-12-20(13-9-18)24(28)17-16-23-25(21-14-10-19(2)11-15-21)27(26(23)29)22-6-4-3-5-7-22/h3-17,23,25H,1-2H3/b17-16+/t23-,25+/m1/s1. The number of rotatable bonds is 5. The van der Waals surface area contributed by atoms with Crippen LogP contribution in [-0.4, -0.2) is 11.7 Å². The monoisotopic (exact) mass is 381 g/mol. The topological polar surface area (TPSA) is 37.4 Å². The molecule has 1 saturated heterocycles. The average molecular weight is 381 g/mol. The van der Waals surface area contributed by atoms with Crippen LogP contribution in [0.2, 0.25) is 0 Å². The Balaban J connectivity index is 1.62. The molecule has 3 aromatic carbocycles. The van der Waals surface area contributed by atoms with Crippen molar-refractivity contribution in [2.75, 3.05) is 4.90 Å². The number of amides is 1. The predicted octanol–water partition coefficient (Wildman–Crippen LogP) is 5.45. The van der Waals surface area contributed by atoms with E-state index in [2.05, 4.69) is 24.3 Å². The van der Waals surface area contributed by atoms with Crippen molar-refractivity contribution in [2.24, 2.45) is 5.92 Å². The Bertz CT molecular complexity index is 1050. The fourth-order valence-corrected chi connectivity index (χ4v) is 3.70. The molecule has 3 nitrogen and oxygen atoms in total. The van der Waals surface area contributed by atoms with Gasteiger partial charge in [-0.25, -0.2) is 0 Å². The van der Waals surface area contributed by atoms with Gasteiger partial charge in [0, 0.05) is 11.3 Å². The highest BCUT2D eigenvalue weighted by molar-refractivity contribution is 6.07. The molecule has 4 rings (SSSR count). The lowest BCUT2D eigenvalue weighted by molar-refractivity contribution is -0.128. The molecule has 1 heterocycles. The fraction of sp³-hybridized carbons (Fsp3) is 0.154. The third-order valence-electron chi connectivity index (χ3n) is 5.39. The van der Waals surface area contributed by atoms with E-state index in [-0.39, 0.29) is 23.7 Å².